The molecule has 0 saturated carbocycles. The Balaban J connectivity index is 1.56. The maximum absolute atomic E-state index is 13.7. The maximum atomic E-state index is 13.7. The number of carbonyl (C=O) groups is 2. The molecule has 0 bridgehead atoms. The molecule has 10 heteroatoms. The minimum absolute atomic E-state index is 0.139. The van der Waals surface area contributed by atoms with Crippen molar-refractivity contribution in [3.63, 3.8) is 0 Å². The van der Waals surface area contributed by atoms with Crippen LogP contribution in [0.2, 0.25) is 0 Å². The topological polar surface area (TPSA) is 116 Å². The Kier molecular flexibility index (Phi) is 5.76. The van der Waals surface area contributed by atoms with Gasteiger partial charge >= 0.3 is 5.97 Å². The highest BCUT2D eigenvalue weighted by Crippen LogP contribution is 2.43. The number of hydrogen-bond donors (Lipinski definition) is 1. The predicted octanol–water partition coefficient (Wildman–Crippen LogP) is 2.05. The van der Waals surface area contributed by atoms with Gasteiger partial charge in [0.25, 0.3) is 0 Å². The lowest BCUT2D eigenvalue weighted by atomic mass is 9.99. The summed E-state index contributed by atoms with van der Waals surface area (Å²) in [4.78, 5) is 27.9. The molecular weight excluding hydrogens is 452 g/mol. The van der Waals surface area contributed by atoms with E-state index in [-0.39, 0.29) is 17.0 Å². The molecule has 0 radical (unpaired) electrons. The van der Waals surface area contributed by atoms with Crippen LogP contribution in [0, 0.1) is 0 Å². The van der Waals surface area contributed by atoms with Crippen molar-refractivity contribution in [2.24, 2.45) is 12.8 Å². The van der Waals surface area contributed by atoms with E-state index in [0.29, 0.717) is 22.7 Å². The van der Waals surface area contributed by atoms with Crippen LogP contribution in [0.1, 0.15) is 23.1 Å². The van der Waals surface area contributed by atoms with Crippen LogP contribution < -0.4 is 5.73 Å². The summed E-state index contributed by atoms with van der Waals surface area (Å²) in [6.45, 7) is 4.13. The first-order chi connectivity index (χ1) is 16.5. The van der Waals surface area contributed by atoms with Gasteiger partial charge in [-0.25, -0.2) is 9.48 Å². The van der Waals surface area contributed by atoms with Crippen molar-refractivity contribution in [3.05, 3.63) is 95.5 Å². The van der Waals surface area contributed by atoms with Gasteiger partial charge in [-0.15, -0.1) is 16.9 Å². The molecule has 2 N–H and O–H groups in total. The second kappa shape index (κ2) is 8.88. The molecule has 2 aliphatic rings. The number of thioether (sulfide) groups is 1. The Morgan fingerprint density at radius 1 is 1.15 bits per heavy atom. The molecule has 1 fully saturated rings. The van der Waals surface area contributed by atoms with E-state index in [1.54, 1.807) is 7.05 Å². The zero-order chi connectivity index (χ0) is 23.8. The van der Waals surface area contributed by atoms with Crippen LogP contribution in [0.15, 0.2) is 78.5 Å². The third-order valence-electron chi connectivity index (χ3n) is 5.89. The second-order valence-corrected chi connectivity index (χ2v) is 9.08. The van der Waals surface area contributed by atoms with Crippen molar-refractivity contribution < 1.29 is 14.3 Å². The van der Waals surface area contributed by atoms with E-state index in [0.717, 1.165) is 11.1 Å². The standard InChI is InChI=1S/C24H22N6O3S/c1-14(21-26-27-28-29(21)2)17-13-34-23-18(25)22(31)30(23)19(17)24(32)33-20(15-9-5-3-6-10-15)16-11-7-4-8-12-16/h3-12,18,20,23H,1,13,25H2,2H3/t18?,23-/m1/s1. The largest absolute Gasteiger partial charge is 0.448 e. The van der Waals surface area contributed by atoms with E-state index >= 15 is 0 Å². The van der Waals surface area contributed by atoms with Crippen molar-refractivity contribution in [3.8, 4) is 0 Å². The molecule has 2 aromatic carbocycles. The summed E-state index contributed by atoms with van der Waals surface area (Å²) in [6, 6.07) is 18.3. The van der Waals surface area contributed by atoms with E-state index in [1.165, 1.54) is 21.3 Å². The number of benzene rings is 2. The number of fused-ring (bicyclic) bond motifs is 1. The predicted molar refractivity (Wildman–Crippen MR) is 127 cm³/mol. The van der Waals surface area contributed by atoms with Gasteiger partial charge in [0.1, 0.15) is 17.1 Å². The number of carbonyl (C=O) groups excluding carboxylic acids is 2. The number of aromatic nitrogens is 4. The molecule has 5 rings (SSSR count). The first kappa shape index (κ1) is 22.1. The fourth-order valence-corrected chi connectivity index (χ4v) is 5.43. The summed E-state index contributed by atoms with van der Waals surface area (Å²) in [5.41, 5.74) is 8.78. The third-order valence-corrected chi connectivity index (χ3v) is 7.19. The van der Waals surface area contributed by atoms with Gasteiger partial charge in [-0.1, -0.05) is 67.2 Å². The summed E-state index contributed by atoms with van der Waals surface area (Å²) in [5, 5.41) is 11.2. The van der Waals surface area contributed by atoms with Crippen LogP contribution in [0.4, 0.5) is 0 Å². The average molecular weight is 475 g/mol. The Hall–Kier alpha value is -3.76. The lowest BCUT2D eigenvalue weighted by Gasteiger charge is -2.48. The van der Waals surface area contributed by atoms with E-state index in [4.69, 9.17) is 10.5 Å². The van der Waals surface area contributed by atoms with Gasteiger partial charge in [-0.2, -0.15) is 0 Å². The van der Waals surface area contributed by atoms with Gasteiger partial charge in [0.05, 0.1) is 0 Å². The quantitative estimate of drug-likeness (QED) is 0.426. The molecule has 3 heterocycles. The summed E-state index contributed by atoms with van der Waals surface area (Å²) in [6.07, 6.45) is -0.661. The van der Waals surface area contributed by atoms with Crippen LogP contribution in [-0.4, -0.2) is 54.2 Å². The Labute approximate surface area is 200 Å². The Morgan fingerprint density at radius 2 is 1.76 bits per heavy atom. The van der Waals surface area contributed by atoms with Gasteiger partial charge in [0.15, 0.2) is 11.9 Å². The fourth-order valence-electron chi connectivity index (χ4n) is 4.10. The summed E-state index contributed by atoms with van der Waals surface area (Å²) < 4.78 is 7.55. The molecule has 34 heavy (non-hydrogen) atoms. The molecule has 3 aromatic rings. The zero-order valence-electron chi connectivity index (χ0n) is 18.4. The first-order valence-corrected chi connectivity index (χ1v) is 11.7. The fraction of sp³-hybridized carbons (Fsp3) is 0.208. The number of amides is 1. The summed E-state index contributed by atoms with van der Waals surface area (Å²) >= 11 is 1.47. The van der Waals surface area contributed by atoms with Crippen molar-refractivity contribution in [1.29, 1.82) is 0 Å². The van der Waals surface area contributed by atoms with Crippen LogP contribution >= 0.6 is 11.8 Å². The molecule has 1 amide bonds. The van der Waals surface area contributed by atoms with Gasteiger partial charge in [-0.05, 0) is 21.6 Å². The molecule has 2 atom stereocenters. The molecule has 2 aliphatic heterocycles. The van der Waals surface area contributed by atoms with Crippen LogP contribution in [0.5, 0.6) is 0 Å². The summed E-state index contributed by atoms with van der Waals surface area (Å²) in [5.74, 6) is -0.144. The molecule has 1 unspecified atom stereocenters. The van der Waals surface area contributed by atoms with Crippen LogP contribution in [0.25, 0.3) is 5.57 Å². The SMILES string of the molecule is C=C(C1=C(C(=O)OC(c2ccccc2)c2ccccc2)N2C(=O)C(N)[C@H]2SC1)c1nnnn1C. The van der Waals surface area contributed by atoms with E-state index < -0.39 is 18.1 Å². The number of nitrogens with two attached hydrogens (primary N) is 1. The number of ether oxygens (including phenoxy) is 1. The zero-order valence-corrected chi connectivity index (χ0v) is 19.2. The van der Waals surface area contributed by atoms with Crippen LogP contribution in [0.3, 0.4) is 0 Å². The number of esters is 1. The number of tetrazole rings is 1. The number of β-lactam (4-membered cyclic amide) rings is 1. The number of hydrogen-bond acceptors (Lipinski definition) is 8. The van der Waals surface area contributed by atoms with Crippen LogP contribution in [-0.2, 0) is 21.4 Å². The molecule has 0 spiro atoms. The average Bonchev–Trinajstić information content (AvgIpc) is 3.32. The van der Waals surface area contributed by atoms with Crippen molar-refractivity contribution >= 4 is 29.2 Å². The Morgan fingerprint density at radius 3 is 2.32 bits per heavy atom. The summed E-state index contributed by atoms with van der Waals surface area (Å²) in [7, 11) is 1.68. The Bertz CT molecular complexity index is 1250. The maximum Gasteiger partial charge on any atom is 0.356 e. The van der Waals surface area contributed by atoms with E-state index in [9.17, 15) is 9.59 Å². The van der Waals surface area contributed by atoms with Gasteiger partial charge in [0.2, 0.25) is 5.91 Å². The smallest absolute Gasteiger partial charge is 0.356 e. The molecule has 0 aliphatic carbocycles. The molecular formula is C24H22N6O3S. The van der Waals surface area contributed by atoms with Gasteiger partial charge in [-0.3, -0.25) is 9.69 Å². The first-order valence-electron chi connectivity index (χ1n) is 10.6. The molecule has 1 aromatic heterocycles. The number of aryl methyl sites for hydroxylation is 1. The molecule has 172 valence electrons. The van der Waals surface area contributed by atoms with Crippen molar-refractivity contribution in [2.75, 3.05) is 5.75 Å². The second-order valence-electron chi connectivity index (χ2n) is 7.97. The van der Waals surface area contributed by atoms with E-state index in [1.807, 2.05) is 60.7 Å². The minimum Gasteiger partial charge on any atom is -0.448 e. The minimum atomic E-state index is -0.668. The monoisotopic (exact) mass is 474 g/mol. The highest BCUT2D eigenvalue weighted by Gasteiger charge is 2.52. The molecule has 9 nitrogen and oxygen atoms in total. The molecule has 1 saturated heterocycles. The lowest BCUT2D eigenvalue weighted by Crippen LogP contribution is -2.68. The van der Waals surface area contributed by atoms with Gasteiger partial charge < -0.3 is 10.5 Å². The lowest BCUT2D eigenvalue weighted by molar-refractivity contribution is -0.153. The van der Waals surface area contributed by atoms with Gasteiger partial charge in [0, 0.05) is 23.9 Å². The van der Waals surface area contributed by atoms with E-state index in [2.05, 4.69) is 22.1 Å². The number of rotatable bonds is 6. The van der Waals surface area contributed by atoms with Crippen molar-refractivity contribution in [2.45, 2.75) is 17.5 Å². The normalized spacial score (nSPS) is 19.6. The van der Waals surface area contributed by atoms with Crippen molar-refractivity contribution in [1.82, 2.24) is 25.1 Å². The number of nitrogens with zero attached hydrogens (tertiary/aromatic N) is 5. The highest BCUT2D eigenvalue weighted by atomic mass is 32.2. The highest BCUT2D eigenvalue weighted by molar-refractivity contribution is 8.00. The third kappa shape index (κ3) is 3.70. The number of allylic oxidation sites excluding steroid dienone is 1.